The zero-order valence-corrected chi connectivity index (χ0v) is 21.9. The lowest BCUT2D eigenvalue weighted by Crippen LogP contribution is -2.20. The van der Waals surface area contributed by atoms with E-state index >= 15 is 0 Å². The number of nitrogens with zero attached hydrogens (tertiary/aromatic N) is 3. The van der Waals surface area contributed by atoms with Crippen LogP contribution in [0.3, 0.4) is 0 Å². The summed E-state index contributed by atoms with van der Waals surface area (Å²) in [6, 6.07) is 18.3. The SMILES string of the molecule is C=N/C=C(\C=C(/C)NC(=O)CCCC)c1ccc2[nH]nc(-c3cc4c(-c5cccc(F)c5)cccc4[nH]3)c2n1. The molecule has 5 aromatic rings. The van der Waals surface area contributed by atoms with E-state index in [-0.39, 0.29) is 11.7 Å². The Hall–Kier alpha value is -4.85. The van der Waals surface area contributed by atoms with Gasteiger partial charge in [-0.3, -0.25) is 14.9 Å². The minimum atomic E-state index is -0.280. The number of unbranched alkanes of at least 4 members (excludes halogenated alkanes) is 1. The molecule has 3 N–H and O–H groups in total. The Labute approximate surface area is 225 Å². The quantitative estimate of drug-likeness (QED) is 0.142. The number of aromatic amines is 2. The molecule has 0 radical (unpaired) electrons. The van der Waals surface area contributed by atoms with Crippen LogP contribution in [0.4, 0.5) is 4.39 Å². The number of rotatable bonds is 9. The number of halogens is 1. The smallest absolute Gasteiger partial charge is 0.224 e. The summed E-state index contributed by atoms with van der Waals surface area (Å²) in [6.07, 6.45) is 5.73. The van der Waals surface area contributed by atoms with Crippen LogP contribution in [-0.4, -0.2) is 32.8 Å². The molecule has 0 fully saturated rings. The van der Waals surface area contributed by atoms with Gasteiger partial charge < -0.3 is 10.3 Å². The number of H-pyrrole nitrogens is 2. The largest absolute Gasteiger partial charge is 0.353 e. The molecule has 0 saturated heterocycles. The number of aliphatic imine (C=N–C) groups is 1. The van der Waals surface area contributed by atoms with Gasteiger partial charge in [0.05, 0.1) is 16.9 Å². The van der Waals surface area contributed by atoms with E-state index in [1.165, 1.54) is 12.1 Å². The molecule has 0 aliphatic carbocycles. The predicted octanol–water partition coefficient (Wildman–Crippen LogP) is 7.16. The van der Waals surface area contributed by atoms with Crippen molar-refractivity contribution in [3.8, 4) is 22.5 Å². The number of hydrogen-bond acceptors (Lipinski definition) is 4. The van der Waals surface area contributed by atoms with E-state index < -0.39 is 0 Å². The summed E-state index contributed by atoms with van der Waals surface area (Å²) in [5.74, 6) is -0.300. The zero-order valence-electron chi connectivity index (χ0n) is 21.9. The van der Waals surface area contributed by atoms with Gasteiger partial charge in [0.2, 0.25) is 5.91 Å². The molecule has 3 heterocycles. The summed E-state index contributed by atoms with van der Waals surface area (Å²) in [4.78, 5) is 24.5. The van der Waals surface area contributed by atoms with Crippen LogP contribution in [0.5, 0.6) is 0 Å². The second-order valence-corrected chi connectivity index (χ2v) is 9.37. The maximum atomic E-state index is 13.9. The maximum absolute atomic E-state index is 13.9. The Kier molecular flexibility index (Phi) is 7.45. The van der Waals surface area contributed by atoms with Crippen molar-refractivity contribution in [2.45, 2.75) is 33.1 Å². The van der Waals surface area contributed by atoms with E-state index in [0.29, 0.717) is 34.6 Å². The van der Waals surface area contributed by atoms with Crippen LogP contribution in [0.25, 0.3) is 50.0 Å². The van der Waals surface area contributed by atoms with Crippen LogP contribution < -0.4 is 5.32 Å². The molecule has 0 bridgehead atoms. The lowest BCUT2D eigenvalue weighted by atomic mass is 10.0. The molecule has 0 aliphatic heterocycles. The normalized spacial score (nSPS) is 12.3. The standard InChI is InChI=1S/C31H29FN6O/c1-4-5-12-29(39)34-19(2)15-21(18-33-3)25-13-14-27-30(36-25)31(38-37-27)28-17-24-23(10-7-11-26(24)35-28)20-8-6-9-22(32)16-20/h6-11,13-18,35H,3-5,12H2,1-2H3,(H,34,39)(H,37,38)/b19-15+,21-18+. The number of fused-ring (bicyclic) bond motifs is 2. The molecular formula is C31H29FN6O. The zero-order chi connectivity index (χ0) is 27.4. The fourth-order valence-corrected chi connectivity index (χ4v) is 4.60. The lowest BCUT2D eigenvalue weighted by molar-refractivity contribution is -0.120. The maximum Gasteiger partial charge on any atom is 0.224 e. The molecule has 1 amide bonds. The fourth-order valence-electron chi connectivity index (χ4n) is 4.60. The Morgan fingerprint density at radius 2 is 1.97 bits per heavy atom. The molecule has 39 heavy (non-hydrogen) atoms. The van der Waals surface area contributed by atoms with Gasteiger partial charge in [-0.05, 0) is 73.7 Å². The van der Waals surface area contributed by atoms with Crippen molar-refractivity contribution in [2.24, 2.45) is 4.99 Å². The van der Waals surface area contributed by atoms with Crippen molar-refractivity contribution in [3.05, 3.63) is 90.1 Å². The van der Waals surface area contributed by atoms with Gasteiger partial charge in [0.25, 0.3) is 0 Å². The van der Waals surface area contributed by atoms with E-state index in [4.69, 9.17) is 4.98 Å². The number of amides is 1. The van der Waals surface area contributed by atoms with Crippen molar-refractivity contribution in [2.75, 3.05) is 0 Å². The molecular weight excluding hydrogens is 491 g/mol. The van der Waals surface area contributed by atoms with E-state index in [2.05, 4.69) is 39.1 Å². The van der Waals surface area contributed by atoms with Crippen molar-refractivity contribution in [1.82, 2.24) is 25.5 Å². The van der Waals surface area contributed by atoms with Crippen molar-refractivity contribution in [1.29, 1.82) is 0 Å². The number of nitrogens with one attached hydrogen (secondary N) is 3. The fraction of sp³-hybridized carbons (Fsp3) is 0.161. The predicted molar refractivity (Wildman–Crippen MR) is 156 cm³/mol. The van der Waals surface area contributed by atoms with Crippen molar-refractivity contribution >= 4 is 40.1 Å². The highest BCUT2D eigenvalue weighted by atomic mass is 19.1. The second-order valence-electron chi connectivity index (χ2n) is 9.37. The first-order valence-electron chi connectivity index (χ1n) is 12.8. The monoisotopic (exact) mass is 520 g/mol. The Morgan fingerprint density at radius 1 is 1.13 bits per heavy atom. The third-order valence-corrected chi connectivity index (χ3v) is 6.45. The summed E-state index contributed by atoms with van der Waals surface area (Å²) in [7, 11) is 0. The number of allylic oxidation sites excluding steroid dienone is 3. The summed E-state index contributed by atoms with van der Waals surface area (Å²) >= 11 is 0. The van der Waals surface area contributed by atoms with Crippen LogP contribution in [0.15, 0.2) is 83.6 Å². The van der Waals surface area contributed by atoms with E-state index in [1.54, 1.807) is 12.3 Å². The first-order valence-corrected chi connectivity index (χ1v) is 12.8. The topological polar surface area (TPSA) is 98.8 Å². The van der Waals surface area contributed by atoms with Crippen LogP contribution in [-0.2, 0) is 4.79 Å². The molecule has 196 valence electrons. The van der Waals surface area contributed by atoms with Gasteiger partial charge in [-0.1, -0.05) is 37.6 Å². The molecule has 0 saturated carbocycles. The minimum Gasteiger partial charge on any atom is -0.353 e. The summed E-state index contributed by atoms with van der Waals surface area (Å²) < 4.78 is 13.9. The van der Waals surface area contributed by atoms with Gasteiger partial charge in [0, 0.05) is 34.8 Å². The van der Waals surface area contributed by atoms with Gasteiger partial charge in [-0.15, -0.1) is 0 Å². The van der Waals surface area contributed by atoms with Crippen molar-refractivity contribution in [3.63, 3.8) is 0 Å². The minimum absolute atomic E-state index is 0.0199. The number of benzene rings is 2. The van der Waals surface area contributed by atoms with E-state index in [1.807, 2.05) is 55.5 Å². The van der Waals surface area contributed by atoms with Gasteiger partial charge >= 0.3 is 0 Å². The third kappa shape index (κ3) is 5.55. The summed E-state index contributed by atoms with van der Waals surface area (Å²) in [6.45, 7) is 7.49. The average Bonchev–Trinajstić information content (AvgIpc) is 3.55. The van der Waals surface area contributed by atoms with Crippen LogP contribution >= 0.6 is 0 Å². The molecule has 2 aromatic carbocycles. The van der Waals surface area contributed by atoms with Crippen LogP contribution in [0, 0.1) is 5.82 Å². The lowest BCUT2D eigenvalue weighted by Gasteiger charge is -2.07. The van der Waals surface area contributed by atoms with Crippen molar-refractivity contribution < 1.29 is 9.18 Å². The highest BCUT2D eigenvalue weighted by Crippen LogP contribution is 2.34. The molecule has 0 spiro atoms. The molecule has 0 aliphatic rings. The summed E-state index contributed by atoms with van der Waals surface area (Å²) in [5, 5.41) is 11.5. The second kappa shape index (κ2) is 11.3. The number of hydrogen-bond donors (Lipinski definition) is 3. The number of aromatic nitrogens is 4. The molecule has 8 heteroatoms. The van der Waals surface area contributed by atoms with E-state index in [0.717, 1.165) is 46.1 Å². The molecule has 0 unspecified atom stereocenters. The van der Waals surface area contributed by atoms with Gasteiger partial charge in [-0.2, -0.15) is 5.10 Å². The highest BCUT2D eigenvalue weighted by Gasteiger charge is 2.16. The number of carbonyl (C=O) groups excluding carboxylic acids is 1. The van der Waals surface area contributed by atoms with Crippen LogP contribution in [0.2, 0.25) is 0 Å². The number of pyridine rings is 1. The molecule has 0 atom stereocenters. The van der Waals surface area contributed by atoms with Gasteiger partial charge in [0.1, 0.15) is 17.0 Å². The first-order chi connectivity index (χ1) is 19.0. The Morgan fingerprint density at radius 3 is 2.77 bits per heavy atom. The Bertz CT molecular complexity index is 1740. The molecule has 5 rings (SSSR count). The molecule has 7 nitrogen and oxygen atoms in total. The molecule has 3 aromatic heterocycles. The van der Waals surface area contributed by atoms with Gasteiger partial charge in [0.15, 0.2) is 0 Å². The highest BCUT2D eigenvalue weighted by molar-refractivity contribution is 6.00. The number of carbonyl (C=O) groups is 1. The average molecular weight is 521 g/mol. The summed E-state index contributed by atoms with van der Waals surface area (Å²) in [5.41, 5.74) is 7.60. The Balaban J connectivity index is 1.53. The van der Waals surface area contributed by atoms with Gasteiger partial charge in [-0.25, -0.2) is 9.37 Å². The third-order valence-electron chi connectivity index (χ3n) is 6.45. The first kappa shape index (κ1) is 25.8. The van der Waals surface area contributed by atoms with Crippen LogP contribution in [0.1, 0.15) is 38.8 Å². The van der Waals surface area contributed by atoms with E-state index in [9.17, 15) is 9.18 Å².